The molecule has 4 aromatic rings. The smallest absolute Gasteiger partial charge is 0.255 e. The van der Waals surface area contributed by atoms with E-state index in [0.29, 0.717) is 17.9 Å². The van der Waals surface area contributed by atoms with E-state index in [1.165, 1.54) is 12.8 Å². The molecule has 7 heteroatoms. The third-order valence-corrected chi connectivity index (χ3v) is 7.16. The molecule has 1 atom stereocenters. The van der Waals surface area contributed by atoms with Gasteiger partial charge in [-0.05, 0) is 80.4 Å². The van der Waals surface area contributed by atoms with E-state index < -0.39 is 0 Å². The first-order chi connectivity index (χ1) is 18.0. The van der Waals surface area contributed by atoms with Gasteiger partial charge in [0.1, 0.15) is 23.9 Å². The number of aromatic nitrogens is 1. The lowest BCUT2D eigenvalue weighted by molar-refractivity contribution is 0.0933. The summed E-state index contributed by atoms with van der Waals surface area (Å²) in [5.74, 6) is 1.91. The number of amides is 1. The SMILES string of the molecule is COc1cccc(C(CNC(=O)c2cc3ccccc3cc2OCc2c(C)noc2C)N2CCCC2)c1. The summed E-state index contributed by atoms with van der Waals surface area (Å²) in [4.78, 5) is 16.0. The summed E-state index contributed by atoms with van der Waals surface area (Å²) in [6.07, 6.45) is 2.33. The third kappa shape index (κ3) is 5.47. The number of fused-ring (bicyclic) bond motifs is 1. The summed E-state index contributed by atoms with van der Waals surface area (Å²) in [5, 5.41) is 9.22. The highest BCUT2D eigenvalue weighted by atomic mass is 16.5. The Morgan fingerprint density at radius 1 is 1.05 bits per heavy atom. The first-order valence-corrected chi connectivity index (χ1v) is 12.8. The molecule has 1 N–H and O–H groups in total. The molecule has 0 radical (unpaired) electrons. The van der Waals surface area contributed by atoms with Gasteiger partial charge in [0.25, 0.3) is 5.91 Å². The van der Waals surface area contributed by atoms with Crippen molar-refractivity contribution in [2.24, 2.45) is 0 Å². The van der Waals surface area contributed by atoms with E-state index in [0.717, 1.165) is 52.2 Å². The van der Waals surface area contributed by atoms with Crippen LogP contribution in [-0.4, -0.2) is 42.7 Å². The van der Waals surface area contributed by atoms with Gasteiger partial charge < -0.3 is 19.3 Å². The van der Waals surface area contributed by atoms with E-state index in [2.05, 4.69) is 27.5 Å². The Kier molecular flexibility index (Phi) is 7.42. The van der Waals surface area contributed by atoms with Gasteiger partial charge in [0.15, 0.2) is 0 Å². The lowest BCUT2D eigenvalue weighted by Gasteiger charge is -2.28. The Morgan fingerprint density at radius 3 is 2.51 bits per heavy atom. The van der Waals surface area contributed by atoms with E-state index in [1.807, 2.05) is 62.4 Å². The van der Waals surface area contributed by atoms with Gasteiger partial charge in [-0.1, -0.05) is 41.6 Å². The number of nitrogens with zero attached hydrogens (tertiary/aromatic N) is 2. The van der Waals surface area contributed by atoms with Crippen molar-refractivity contribution in [1.82, 2.24) is 15.4 Å². The number of nitrogens with one attached hydrogen (secondary N) is 1. The molecule has 1 aliphatic rings. The maximum absolute atomic E-state index is 13.6. The van der Waals surface area contributed by atoms with Crippen molar-refractivity contribution >= 4 is 16.7 Å². The molecule has 192 valence electrons. The molecule has 5 rings (SSSR count). The number of carbonyl (C=O) groups excluding carboxylic acids is 1. The van der Waals surface area contributed by atoms with Crippen LogP contribution in [0.3, 0.4) is 0 Å². The van der Waals surface area contributed by atoms with Crippen LogP contribution in [0.5, 0.6) is 11.5 Å². The summed E-state index contributed by atoms with van der Waals surface area (Å²) in [5.41, 5.74) is 3.33. The summed E-state index contributed by atoms with van der Waals surface area (Å²) in [7, 11) is 1.68. The maximum Gasteiger partial charge on any atom is 0.255 e. The number of ether oxygens (including phenoxy) is 2. The van der Waals surface area contributed by atoms with Crippen LogP contribution in [0.15, 0.2) is 65.2 Å². The van der Waals surface area contributed by atoms with Crippen molar-refractivity contribution in [3.63, 3.8) is 0 Å². The van der Waals surface area contributed by atoms with Gasteiger partial charge in [0.05, 0.1) is 30.0 Å². The molecule has 37 heavy (non-hydrogen) atoms. The molecule has 3 aromatic carbocycles. The van der Waals surface area contributed by atoms with Crippen LogP contribution >= 0.6 is 0 Å². The Balaban J connectivity index is 1.40. The molecule has 0 aliphatic carbocycles. The van der Waals surface area contributed by atoms with Crippen LogP contribution in [0.4, 0.5) is 0 Å². The van der Waals surface area contributed by atoms with Crippen molar-refractivity contribution in [2.75, 3.05) is 26.7 Å². The molecule has 0 spiro atoms. The van der Waals surface area contributed by atoms with E-state index >= 15 is 0 Å². The molecule has 1 saturated heterocycles. The average molecular weight is 500 g/mol. The summed E-state index contributed by atoms with van der Waals surface area (Å²) >= 11 is 0. The van der Waals surface area contributed by atoms with Crippen molar-refractivity contribution < 1.29 is 18.8 Å². The zero-order valence-corrected chi connectivity index (χ0v) is 21.6. The fourth-order valence-corrected chi connectivity index (χ4v) is 5.02. The molecule has 2 heterocycles. The standard InChI is InChI=1S/C30H33N3O4/c1-20-27(21(2)37-32-20)19-36-29-17-23-10-5-4-9-22(23)16-26(29)30(34)31-18-28(33-13-6-7-14-33)24-11-8-12-25(15-24)35-3/h4-5,8-12,15-17,28H,6-7,13-14,18-19H2,1-3H3,(H,31,34). The second kappa shape index (κ2) is 11.0. The molecule has 7 nitrogen and oxygen atoms in total. The van der Waals surface area contributed by atoms with Gasteiger partial charge in [-0.25, -0.2) is 0 Å². The fourth-order valence-electron chi connectivity index (χ4n) is 5.02. The summed E-state index contributed by atoms with van der Waals surface area (Å²) in [6, 6.07) is 20.0. The highest BCUT2D eigenvalue weighted by molar-refractivity contribution is 6.01. The molecular formula is C30H33N3O4. The normalized spacial score (nSPS) is 14.6. The molecule has 0 bridgehead atoms. The lowest BCUT2D eigenvalue weighted by atomic mass is 10.0. The number of methoxy groups -OCH3 is 1. The van der Waals surface area contributed by atoms with Crippen LogP contribution in [0.1, 0.15) is 51.8 Å². The molecule has 1 fully saturated rings. The van der Waals surface area contributed by atoms with E-state index in [4.69, 9.17) is 14.0 Å². The number of aryl methyl sites for hydroxylation is 2. The monoisotopic (exact) mass is 499 g/mol. The second-order valence-electron chi connectivity index (χ2n) is 9.53. The van der Waals surface area contributed by atoms with Gasteiger partial charge in [-0.3, -0.25) is 9.69 Å². The quantitative estimate of drug-likeness (QED) is 0.323. The van der Waals surface area contributed by atoms with Gasteiger partial charge in [-0.15, -0.1) is 0 Å². The lowest BCUT2D eigenvalue weighted by Crippen LogP contribution is -2.37. The highest BCUT2D eigenvalue weighted by Crippen LogP contribution is 2.30. The molecule has 1 aromatic heterocycles. The summed E-state index contributed by atoms with van der Waals surface area (Å²) < 4.78 is 16.9. The van der Waals surface area contributed by atoms with Crippen LogP contribution < -0.4 is 14.8 Å². The molecule has 1 aliphatic heterocycles. The largest absolute Gasteiger partial charge is 0.497 e. The predicted octanol–water partition coefficient (Wildman–Crippen LogP) is 5.60. The van der Waals surface area contributed by atoms with Crippen LogP contribution in [0, 0.1) is 13.8 Å². The van der Waals surface area contributed by atoms with E-state index in [-0.39, 0.29) is 18.6 Å². The van der Waals surface area contributed by atoms with Crippen LogP contribution in [0.2, 0.25) is 0 Å². The first kappa shape index (κ1) is 24.8. The van der Waals surface area contributed by atoms with Gasteiger partial charge in [0.2, 0.25) is 0 Å². The van der Waals surface area contributed by atoms with E-state index in [1.54, 1.807) is 7.11 Å². The zero-order valence-electron chi connectivity index (χ0n) is 21.6. The summed E-state index contributed by atoms with van der Waals surface area (Å²) in [6.45, 7) is 6.55. The van der Waals surface area contributed by atoms with Gasteiger partial charge in [-0.2, -0.15) is 0 Å². The van der Waals surface area contributed by atoms with Crippen molar-refractivity contribution in [2.45, 2.75) is 39.3 Å². The fraction of sp³-hybridized carbons (Fsp3) is 0.333. The van der Waals surface area contributed by atoms with Gasteiger partial charge in [0, 0.05) is 6.54 Å². The zero-order chi connectivity index (χ0) is 25.8. The molecule has 0 saturated carbocycles. The highest BCUT2D eigenvalue weighted by Gasteiger charge is 2.25. The molecule has 1 amide bonds. The number of hydrogen-bond acceptors (Lipinski definition) is 6. The van der Waals surface area contributed by atoms with Crippen molar-refractivity contribution in [3.05, 3.63) is 88.8 Å². The minimum absolute atomic E-state index is 0.0636. The number of likely N-dealkylation sites (tertiary alicyclic amines) is 1. The topological polar surface area (TPSA) is 76.8 Å². The van der Waals surface area contributed by atoms with Crippen molar-refractivity contribution in [1.29, 1.82) is 0 Å². The Labute approximate surface area is 217 Å². The van der Waals surface area contributed by atoms with Crippen molar-refractivity contribution in [3.8, 4) is 11.5 Å². The molecular weight excluding hydrogens is 466 g/mol. The number of hydrogen-bond donors (Lipinski definition) is 1. The minimum Gasteiger partial charge on any atom is -0.497 e. The molecule has 1 unspecified atom stereocenters. The third-order valence-electron chi connectivity index (χ3n) is 7.16. The number of benzene rings is 3. The number of rotatable bonds is 9. The Bertz CT molecular complexity index is 1370. The predicted molar refractivity (Wildman–Crippen MR) is 143 cm³/mol. The number of carbonyl (C=O) groups is 1. The maximum atomic E-state index is 13.6. The second-order valence-corrected chi connectivity index (χ2v) is 9.53. The van der Waals surface area contributed by atoms with E-state index in [9.17, 15) is 4.79 Å². The Morgan fingerprint density at radius 2 is 1.81 bits per heavy atom. The van der Waals surface area contributed by atoms with Crippen LogP contribution in [0.25, 0.3) is 10.8 Å². The average Bonchev–Trinajstić information content (AvgIpc) is 3.57. The first-order valence-electron chi connectivity index (χ1n) is 12.8. The minimum atomic E-state index is -0.161. The van der Waals surface area contributed by atoms with Crippen LogP contribution in [-0.2, 0) is 6.61 Å². The van der Waals surface area contributed by atoms with Gasteiger partial charge >= 0.3 is 0 Å². The Hall–Kier alpha value is -3.84.